The summed E-state index contributed by atoms with van der Waals surface area (Å²) in [4.78, 5) is 12.8. The molecule has 4 heteroatoms. The van der Waals surface area contributed by atoms with Gasteiger partial charge in [-0.05, 0) is 26.0 Å². The Bertz CT molecular complexity index is 403. The van der Waals surface area contributed by atoms with Crippen LogP contribution in [-0.2, 0) is 6.54 Å². The molecule has 1 N–H and O–H groups in total. The maximum Gasteiger partial charge on any atom is 0.307 e. The van der Waals surface area contributed by atoms with E-state index < -0.39 is 0 Å². The molecule has 1 aromatic rings. The molecule has 0 spiro atoms. The Morgan fingerprint density at radius 3 is 2.67 bits per heavy atom. The predicted molar refractivity (Wildman–Crippen MR) is 65.7 cm³/mol. The summed E-state index contributed by atoms with van der Waals surface area (Å²) in [6.07, 6.45) is 0. The molecule has 0 saturated heterocycles. The fraction of sp³-hybridized carbons (Fsp3) is 0.545. The lowest BCUT2D eigenvalue weighted by Crippen LogP contribution is -2.22. The third-order valence-electron chi connectivity index (χ3n) is 2.38. The SMILES string of the molecule is C=C(CNCC)Cn1c(C)c(C)sc1=O. The maximum absolute atomic E-state index is 11.6. The Kier molecular flexibility index (Phi) is 4.29. The highest BCUT2D eigenvalue weighted by molar-refractivity contribution is 7.09. The lowest BCUT2D eigenvalue weighted by atomic mass is 10.3. The molecule has 15 heavy (non-hydrogen) atoms. The molecule has 1 rings (SSSR count). The van der Waals surface area contributed by atoms with Crippen molar-refractivity contribution < 1.29 is 0 Å². The first kappa shape index (κ1) is 12.2. The predicted octanol–water partition coefficient (Wildman–Crippen LogP) is 1.69. The molecular formula is C11H18N2OS. The third-order valence-corrected chi connectivity index (χ3v) is 3.38. The highest BCUT2D eigenvalue weighted by Crippen LogP contribution is 2.10. The molecule has 0 aliphatic carbocycles. The van der Waals surface area contributed by atoms with Crippen LogP contribution in [0.1, 0.15) is 17.5 Å². The van der Waals surface area contributed by atoms with Gasteiger partial charge in [-0.2, -0.15) is 0 Å². The molecule has 0 bridgehead atoms. The van der Waals surface area contributed by atoms with Crippen LogP contribution in [0, 0.1) is 13.8 Å². The minimum atomic E-state index is 0.114. The first-order valence-corrected chi connectivity index (χ1v) is 5.92. The van der Waals surface area contributed by atoms with Crippen molar-refractivity contribution >= 4 is 11.3 Å². The van der Waals surface area contributed by atoms with Crippen LogP contribution >= 0.6 is 11.3 Å². The van der Waals surface area contributed by atoms with Gasteiger partial charge in [-0.15, -0.1) is 0 Å². The van der Waals surface area contributed by atoms with Gasteiger partial charge in [0.25, 0.3) is 0 Å². The van der Waals surface area contributed by atoms with Crippen molar-refractivity contribution in [3.05, 3.63) is 32.4 Å². The molecule has 84 valence electrons. The summed E-state index contributed by atoms with van der Waals surface area (Å²) < 4.78 is 1.79. The van der Waals surface area contributed by atoms with Crippen molar-refractivity contribution in [2.45, 2.75) is 27.3 Å². The zero-order valence-corrected chi connectivity index (χ0v) is 10.4. The van der Waals surface area contributed by atoms with Crippen molar-refractivity contribution in [1.29, 1.82) is 0 Å². The zero-order valence-electron chi connectivity index (χ0n) is 9.59. The molecule has 0 fully saturated rings. The van der Waals surface area contributed by atoms with Crippen LogP contribution in [0.4, 0.5) is 0 Å². The largest absolute Gasteiger partial charge is 0.313 e. The number of likely N-dealkylation sites (N-methyl/N-ethyl adjacent to an activating group) is 1. The maximum atomic E-state index is 11.6. The zero-order chi connectivity index (χ0) is 11.4. The molecule has 0 atom stereocenters. The number of hydrogen-bond acceptors (Lipinski definition) is 3. The lowest BCUT2D eigenvalue weighted by molar-refractivity contribution is 0.684. The molecule has 0 radical (unpaired) electrons. The molecule has 0 unspecified atom stereocenters. The van der Waals surface area contributed by atoms with E-state index in [2.05, 4.69) is 18.8 Å². The molecule has 3 nitrogen and oxygen atoms in total. The van der Waals surface area contributed by atoms with Crippen LogP contribution in [0.25, 0.3) is 0 Å². The van der Waals surface area contributed by atoms with Crippen LogP contribution in [0.5, 0.6) is 0 Å². The number of nitrogens with one attached hydrogen (secondary N) is 1. The first-order chi connectivity index (χ1) is 7.06. The topological polar surface area (TPSA) is 34.0 Å². The molecule has 0 aromatic carbocycles. The molecular weight excluding hydrogens is 208 g/mol. The van der Waals surface area contributed by atoms with Gasteiger partial charge in [-0.1, -0.05) is 24.8 Å². The summed E-state index contributed by atoms with van der Waals surface area (Å²) in [5.74, 6) is 0. The third kappa shape index (κ3) is 3.04. The van der Waals surface area contributed by atoms with Crippen molar-refractivity contribution in [2.75, 3.05) is 13.1 Å². The van der Waals surface area contributed by atoms with E-state index >= 15 is 0 Å². The normalized spacial score (nSPS) is 10.6. The molecule has 0 aliphatic rings. The van der Waals surface area contributed by atoms with Crippen molar-refractivity contribution in [3.63, 3.8) is 0 Å². The minimum absolute atomic E-state index is 0.114. The molecule has 0 aliphatic heterocycles. The van der Waals surface area contributed by atoms with Crippen LogP contribution < -0.4 is 10.2 Å². The summed E-state index contributed by atoms with van der Waals surface area (Å²) in [6, 6.07) is 0. The lowest BCUT2D eigenvalue weighted by Gasteiger charge is -2.08. The van der Waals surface area contributed by atoms with Crippen molar-refractivity contribution in [3.8, 4) is 0 Å². The fourth-order valence-corrected chi connectivity index (χ4v) is 2.18. The number of aromatic nitrogens is 1. The Morgan fingerprint density at radius 2 is 2.20 bits per heavy atom. The summed E-state index contributed by atoms with van der Waals surface area (Å²) in [5, 5.41) is 3.20. The minimum Gasteiger partial charge on any atom is -0.313 e. The van der Waals surface area contributed by atoms with Crippen molar-refractivity contribution in [1.82, 2.24) is 9.88 Å². The Hall–Kier alpha value is -0.870. The molecule has 0 saturated carbocycles. The van der Waals surface area contributed by atoms with Crippen LogP contribution in [-0.4, -0.2) is 17.7 Å². The highest BCUT2D eigenvalue weighted by Gasteiger charge is 2.07. The second-order valence-corrected chi connectivity index (χ2v) is 4.79. The van der Waals surface area contributed by atoms with Gasteiger partial charge in [0.15, 0.2) is 0 Å². The van der Waals surface area contributed by atoms with Gasteiger partial charge < -0.3 is 5.32 Å². The number of thiazole rings is 1. The van der Waals surface area contributed by atoms with Gasteiger partial charge in [0.2, 0.25) is 0 Å². The van der Waals surface area contributed by atoms with E-state index in [4.69, 9.17) is 0 Å². The van der Waals surface area contributed by atoms with Gasteiger partial charge in [0, 0.05) is 23.7 Å². The Balaban J connectivity index is 2.72. The summed E-state index contributed by atoms with van der Waals surface area (Å²) in [6.45, 7) is 12.3. The van der Waals surface area contributed by atoms with Crippen LogP contribution in [0.2, 0.25) is 0 Å². The average molecular weight is 226 g/mol. The summed E-state index contributed by atoms with van der Waals surface area (Å²) in [7, 11) is 0. The summed E-state index contributed by atoms with van der Waals surface area (Å²) >= 11 is 1.31. The smallest absolute Gasteiger partial charge is 0.307 e. The van der Waals surface area contributed by atoms with E-state index in [1.165, 1.54) is 11.3 Å². The monoisotopic (exact) mass is 226 g/mol. The van der Waals surface area contributed by atoms with Gasteiger partial charge >= 0.3 is 4.87 Å². The van der Waals surface area contributed by atoms with E-state index in [1.54, 1.807) is 4.57 Å². The van der Waals surface area contributed by atoms with E-state index in [-0.39, 0.29) is 4.87 Å². The van der Waals surface area contributed by atoms with Crippen LogP contribution in [0.3, 0.4) is 0 Å². The number of hydrogen-bond donors (Lipinski definition) is 1. The van der Waals surface area contributed by atoms with Gasteiger partial charge in [-0.3, -0.25) is 9.36 Å². The van der Waals surface area contributed by atoms with Crippen LogP contribution in [0.15, 0.2) is 16.9 Å². The second kappa shape index (κ2) is 5.28. The summed E-state index contributed by atoms with van der Waals surface area (Å²) in [5.41, 5.74) is 2.10. The number of nitrogens with zero attached hydrogens (tertiary/aromatic N) is 1. The molecule has 1 aromatic heterocycles. The van der Waals surface area contributed by atoms with Gasteiger partial charge in [0.1, 0.15) is 0 Å². The highest BCUT2D eigenvalue weighted by atomic mass is 32.1. The Morgan fingerprint density at radius 1 is 1.53 bits per heavy atom. The molecule has 0 amide bonds. The fourth-order valence-electron chi connectivity index (χ4n) is 1.35. The number of aryl methyl sites for hydroxylation is 1. The van der Waals surface area contributed by atoms with E-state index in [1.807, 2.05) is 13.8 Å². The average Bonchev–Trinajstić information content (AvgIpc) is 2.42. The quantitative estimate of drug-likeness (QED) is 0.775. The second-order valence-electron chi connectivity index (χ2n) is 3.63. The Labute approximate surface area is 94.4 Å². The van der Waals surface area contributed by atoms with E-state index in [0.29, 0.717) is 6.54 Å². The van der Waals surface area contributed by atoms with Gasteiger partial charge in [-0.25, -0.2) is 0 Å². The molecule has 1 heterocycles. The van der Waals surface area contributed by atoms with Gasteiger partial charge in [0.05, 0.1) is 0 Å². The van der Waals surface area contributed by atoms with Crippen molar-refractivity contribution in [2.24, 2.45) is 0 Å². The number of rotatable bonds is 5. The standard InChI is InChI=1S/C11H18N2OS/c1-5-12-6-8(2)7-13-9(3)10(4)15-11(13)14/h12H,2,5-7H2,1,3-4H3. The van der Waals surface area contributed by atoms with E-state index in [9.17, 15) is 4.79 Å². The first-order valence-electron chi connectivity index (χ1n) is 5.10. The van der Waals surface area contributed by atoms with E-state index in [0.717, 1.165) is 29.2 Å².